The molecule has 7 heteroatoms. The first kappa shape index (κ1) is 23.2. The van der Waals surface area contributed by atoms with Crippen LogP contribution in [0.15, 0.2) is 64.0 Å². The van der Waals surface area contributed by atoms with Crippen molar-refractivity contribution in [3.63, 3.8) is 0 Å². The lowest BCUT2D eigenvalue weighted by Gasteiger charge is -2.16. The maximum absolute atomic E-state index is 11.7. The van der Waals surface area contributed by atoms with E-state index in [-0.39, 0.29) is 0 Å². The summed E-state index contributed by atoms with van der Waals surface area (Å²) < 4.78 is 7.09. The van der Waals surface area contributed by atoms with E-state index in [1.54, 1.807) is 0 Å². The summed E-state index contributed by atoms with van der Waals surface area (Å²) in [5.74, 6) is 0.988. The largest absolute Gasteiger partial charge is 0.439 e. The molecule has 7 nitrogen and oxygen atoms in total. The number of rotatable bonds is 5. The van der Waals surface area contributed by atoms with Crippen LogP contribution in [0, 0.1) is 6.92 Å². The molecule has 37 heavy (non-hydrogen) atoms. The number of aromatic nitrogens is 5. The van der Waals surface area contributed by atoms with Crippen LogP contribution >= 0.6 is 0 Å². The number of nitrogens with zero attached hydrogens (tertiary/aromatic N) is 4. The van der Waals surface area contributed by atoms with E-state index in [1.807, 2.05) is 19.2 Å². The van der Waals surface area contributed by atoms with Gasteiger partial charge in [-0.3, -0.25) is 9.51 Å². The Morgan fingerprint density at radius 3 is 2.70 bits per heavy atom. The monoisotopic (exact) mass is 491 g/mol. The van der Waals surface area contributed by atoms with Gasteiger partial charge in [0.25, 0.3) is 0 Å². The number of pyridine rings is 1. The molecule has 1 N–H and O–H groups in total. The Balaban J connectivity index is 1.48. The van der Waals surface area contributed by atoms with Crippen molar-refractivity contribution in [1.29, 1.82) is 0 Å². The normalized spacial score (nSPS) is 14.4. The second-order valence-electron chi connectivity index (χ2n) is 9.76. The molecule has 0 radical (unpaired) electrons. The highest BCUT2D eigenvalue weighted by Gasteiger charge is 2.23. The summed E-state index contributed by atoms with van der Waals surface area (Å²) >= 11 is 0. The molecule has 0 unspecified atom stereocenters. The van der Waals surface area contributed by atoms with Gasteiger partial charge in [0.1, 0.15) is 11.3 Å². The molecule has 3 aromatic heterocycles. The third-order valence-electron chi connectivity index (χ3n) is 7.29. The molecule has 0 saturated carbocycles. The van der Waals surface area contributed by atoms with Crippen LogP contribution in [-0.2, 0) is 25.8 Å². The average molecular weight is 492 g/mol. The first-order valence-electron chi connectivity index (χ1n) is 12.8. The summed E-state index contributed by atoms with van der Waals surface area (Å²) in [6.45, 7) is 6.99. The number of aromatic amines is 1. The number of H-pyrrole nitrogens is 1. The van der Waals surface area contributed by atoms with Crippen molar-refractivity contribution in [3.8, 4) is 0 Å². The fourth-order valence-corrected chi connectivity index (χ4v) is 5.45. The van der Waals surface area contributed by atoms with Crippen LogP contribution in [0.5, 0.6) is 0 Å². The van der Waals surface area contributed by atoms with Gasteiger partial charge < -0.3 is 4.57 Å². The predicted octanol–water partition coefficient (Wildman–Crippen LogP) is 5.49. The molecule has 2 aromatic carbocycles. The quantitative estimate of drug-likeness (QED) is 0.351. The molecule has 3 heterocycles. The minimum absolute atomic E-state index is 0.460. The number of allylic oxidation sites excluding steroid dienone is 1. The Morgan fingerprint density at radius 1 is 1.08 bits per heavy atom. The summed E-state index contributed by atoms with van der Waals surface area (Å²) in [4.78, 5) is 24.1. The zero-order valence-electron chi connectivity index (χ0n) is 21.3. The fraction of sp³-hybridized carbons (Fsp3) is 0.267. The maximum Gasteiger partial charge on any atom is 0.439 e. The van der Waals surface area contributed by atoms with E-state index in [4.69, 9.17) is 9.51 Å². The number of aryl methyl sites for hydroxylation is 4. The molecule has 6 rings (SSSR count). The topological polar surface area (TPSA) is 89.6 Å². The van der Waals surface area contributed by atoms with Crippen molar-refractivity contribution in [2.75, 3.05) is 0 Å². The van der Waals surface area contributed by atoms with Gasteiger partial charge in [-0.25, -0.2) is 14.8 Å². The molecular weight excluding hydrogens is 462 g/mol. The van der Waals surface area contributed by atoms with Gasteiger partial charge in [0.15, 0.2) is 11.5 Å². The highest BCUT2D eigenvalue weighted by molar-refractivity contribution is 5.98. The van der Waals surface area contributed by atoms with Crippen molar-refractivity contribution in [3.05, 3.63) is 110 Å². The third-order valence-corrected chi connectivity index (χ3v) is 7.29. The Bertz CT molecular complexity index is 1720. The lowest BCUT2D eigenvalue weighted by Crippen LogP contribution is -2.07. The molecule has 0 aliphatic heterocycles. The van der Waals surface area contributed by atoms with Crippen molar-refractivity contribution in [2.45, 2.75) is 53.0 Å². The molecule has 0 fully saturated rings. The molecule has 0 bridgehead atoms. The second-order valence-corrected chi connectivity index (χ2v) is 9.76. The van der Waals surface area contributed by atoms with Gasteiger partial charge in [-0.15, -0.1) is 0 Å². The SMILES string of the molecule is CCCc1nc2c(C)ccnc2n1Cc1ccc2c(c1)CCc1ccccc1C2=C(C)c1noc(=O)[nH]1. The van der Waals surface area contributed by atoms with Crippen molar-refractivity contribution >= 4 is 22.3 Å². The van der Waals surface area contributed by atoms with E-state index in [0.717, 1.165) is 71.5 Å². The zero-order chi connectivity index (χ0) is 25.5. The Labute approximate surface area is 214 Å². The first-order chi connectivity index (χ1) is 18.0. The number of hydrogen-bond acceptors (Lipinski definition) is 5. The van der Waals surface area contributed by atoms with Crippen molar-refractivity contribution < 1.29 is 4.52 Å². The maximum atomic E-state index is 11.7. The van der Waals surface area contributed by atoms with Crippen LogP contribution in [0.1, 0.15) is 65.3 Å². The molecule has 5 aromatic rings. The highest BCUT2D eigenvalue weighted by Crippen LogP contribution is 2.38. The van der Waals surface area contributed by atoms with E-state index in [9.17, 15) is 4.79 Å². The van der Waals surface area contributed by atoms with Gasteiger partial charge in [-0.1, -0.05) is 54.5 Å². The lowest BCUT2D eigenvalue weighted by atomic mass is 9.89. The number of fused-ring (bicyclic) bond motifs is 3. The van der Waals surface area contributed by atoms with Gasteiger partial charge >= 0.3 is 5.76 Å². The Kier molecular flexibility index (Phi) is 5.83. The van der Waals surface area contributed by atoms with Gasteiger partial charge in [0, 0.05) is 18.2 Å². The Morgan fingerprint density at radius 2 is 1.89 bits per heavy atom. The van der Waals surface area contributed by atoms with Gasteiger partial charge in [-0.2, -0.15) is 0 Å². The summed E-state index contributed by atoms with van der Waals surface area (Å²) in [5, 5.41) is 3.98. The average Bonchev–Trinajstić information content (AvgIpc) is 3.44. The fourth-order valence-electron chi connectivity index (χ4n) is 5.45. The smallest absolute Gasteiger partial charge is 0.308 e. The standard InChI is InChI=1S/C30H29N5O2/c1-4-7-25-32-27-18(2)14-15-31-29(27)35(25)17-20-10-13-24-22(16-20)12-11-21-8-5-6-9-23(21)26(24)19(3)28-33-30(36)37-34-28/h5-6,8-10,13-16H,4,7,11-12,17H2,1-3H3,(H,33,34,36). The van der Waals surface area contributed by atoms with Crippen LogP contribution in [0.2, 0.25) is 0 Å². The summed E-state index contributed by atoms with van der Waals surface area (Å²) in [7, 11) is 0. The van der Waals surface area contributed by atoms with E-state index in [2.05, 4.69) is 76.0 Å². The van der Waals surface area contributed by atoms with Crippen molar-refractivity contribution in [2.24, 2.45) is 0 Å². The predicted molar refractivity (Wildman–Crippen MR) is 144 cm³/mol. The molecule has 0 amide bonds. The van der Waals surface area contributed by atoms with Crippen molar-refractivity contribution in [1.82, 2.24) is 24.7 Å². The molecule has 186 valence electrons. The van der Waals surface area contributed by atoms with Crippen LogP contribution < -0.4 is 5.76 Å². The zero-order valence-corrected chi connectivity index (χ0v) is 21.3. The lowest BCUT2D eigenvalue weighted by molar-refractivity contribution is 0.385. The van der Waals surface area contributed by atoms with E-state index < -0.39 is 5.76 Å². The van der Waals surface area contributed by atoms with Crippen LogP contribution in [0.4, 0.5) is 0 Å². The number of nitrogens with one attached hydrogen (secondary N) is 1. The number of benzene rings is 2. The molecule has 0 saturated heterocycles. The summed E-state index contributed by atoms with van der Waals surface area (Å²) in [6, 6.07) is 17.2. The minimum Gasteiger partial charge on any atom is -0.308 e. The Hall–Kier alpha value is -4.26. The van der Waals surface area contributed by atoms with Gasteiger partial charge in [0.2, 0.25) is 0 Å². The number of imidazole rings is 1. The van der Waals surface area contributed by atoms with Crippen LogP contribution in [0.25, 0.3) is 22.3 Å². The molecular formula is C30H29N5O2. The highest BCUT2D eigenvalue weighted by atomic mass is 16.5. The van der Waals surface area contributed by atoms with E-state index in [1.165, 1.54) is 22.3 Å². The molecule has 0 atom stereocenters. The van der Waals surface area contributed by atoms with Crippen LogP contribution in [-0.4, -0.2) is 24.7 Å². The second kappa shape index (κ2) is 9.32. The summed E-state index contributed by atoms with van der Waals surface area (Å²) in [6.07, 6.45) is 5.68. The van der Waals surface area contributed by atoms with Gasteiger partial charge in [0.05, 0.1) is 6.54 Å². The van der Waals surface area contributed by atoms with E-state index in [0.29, 0.717) is 5.82 Å². The van der Waals surface area contributed by atoms with E-state index >= 15 is 0 Å². The molecule has 1 aliphatic carbocycles. The third kappa shape index (κ3) is 4.10. The minimum atomic E-state index is -0.549. The molecule has 0 spiro atoms. The summed E-state index contributed by atoms with van der Waals surface area (Å²) in [5.41, 5.74) is 11.2. The van der Waals surface area contributed by atoms with Crippen LogP contribution in [0.3, 0.4) is 0 Å². The molecule has 1 aliphatic rings. The number of hydrogen-bond donors (Lipinski definition) is 1. The first-order valence-corrected chi connectivity index (χ1v) is 12.8. The van der Waals surface area contributed by atoms with Gasteiger partial charge in [-0.05, 0) is 78.1 Å².